The molecule has 0 spiro atoms. The van der Waals surface area contributed by atoms with Gasteiger partial charge in [0.25, 0.3) is 0 Å². The third-order valence-corrected chi connectivity index (χ3v) is 7.65. The molecule has 0 radical (unpaired) electrons. The van der Waals surface area contributed by atoms with Gasteiger partial charge < -0.3 is 0 Å². The van der Waals surface area contributed by atoms with Crippen LogP contribution < -0.4 is 0 Å². The summed E-state index contributed by atoms with van der Waals surface area (Å²) in [5, 5.41) is 0.894. The van der Waals surface area contributed by atoms with Gasteiger partial charge in [-0.2, -0.15) is 4.31 Å². The van der Waals surface area contributed by atoms with Crippen LogP contribution >= 0.6 is 11.3 Å². The number of sulfonamides is 1. The van der Waals surface area contributed by atoms with E-state index in [1.807, 2.05) is 24.3 Å². The molecule has 1 aliphatic heterocycles. The first-order valence-electron chi connectivity index (χ1n) is 8.26. The highest BCUT2D eigenvalue weighted by Crippen LogP contribution is 2.35. The molecule has 2 aromatic carbocycles. The number of fused-ring (bicyclic) bond motifs is 1. The van der Waals surface area contributed by atoms with Gasteiger partial charge in [-0.05, 0) is 37.1 Å². The molecule has 0 N–H and O–H groups in total. The zero-order valence-corrected chi connectivity index (χ0v) is 15.4. The second-order valence-electron chi connectivity index (χ2n) is 6.30. The summed E-state index contributed by atoms with van der Waals surface area (Å²) in [4.78, 5) is 4.15. The normalized spacial score (nSPS) is 19.1. The number of para-hydroxylation sites is 1. The fraction of sp³-hybridized carbons (Fsp3) is 0.278. The Morgan fingerprint density at radius 3 is 2.73 bits per heavy atom. The third kappa shape index (κ3) is 3.13. The Balaban J connectivity index is 1.63. The number of benzene rings is 2. The van der Waals surface area contributed by atoms with E-state index in [0.717, 1.165) is 33.8 Å². The average Bonchev–Trinajstić information content (AvgIpc) is 3.06. The van der Waals surface area contributed by atoms with Crippen LogP contribution in [0.5, 0.6) is 0 Å². The van der Waals surface area contributed by atoms with Crippen molar-refractivity contribution in [1.29, 1.82) is 0 Å². The average molecular weight is 394 g/mol. The van der Waals surface area contributed by atoms with Crippen LogP contribution in [0.4, 0.5) is 8.78 Å². The van der Waals surface area contributed by atoms with Gasteiger partial charge in [-0.25, -0.2) is 22.2 Å². The Kier molecular flexibility index (Phi) is 4.50. The van der Waals surface area contributed by atoms with Crippen LogP contribution in [0.1, 0.15) is 23.8 Å². The molecule has 1 saturated heterocycles. The van der Waals surface area contributed by atoms with Crippen molar-refractivity contribution in [2.45, 2.75) is 23.7 Å². The lowest BCUT2D eigenvalue weighted by molar-refractivity contribution is 0.314. The number of hydrogen-bond donors (Lipinski definition) is 0. The van der Waals surface area contributed by atoms with Crippen molar-refractivity contribution in [3.8, 4) is 0 Å². The highest BCUT2D eigenvalue weighted by Gasteiger charge is 2.33. The summed E-state index contributed by atoms with van der Waals surface area (Å²) in [6.07, 6.45) is 1.50. The van der Waals surface area contributed by atoms with Crippen LogP contribution in [0.15, 0.2) is 47.4 Å². The molecule has 0 unspecified atom stereocenters. The fourth-order valence-electron chi connectivity index (χ4n) is 3.25. The van der Waals surface area contributed by atoms with Crippen molar-refractivity contribution < 1.29 is 17.2 Å². The van der Waals surface area contributed by atoms with E-state index in [4.69, 9.17) is 0 Å². The van der Waals surface area contributed by atoms with Crippen molar-refractivity contribution in [3.05, 3.63) is 59.1 Å². The Morgan fingerprint density at radius 2 is 1.96 bits per heavy atom. The lowest BCUT2D eigenvalue weighted by Gasteiger charge is -2.31. The molecule has 136 valence electrons. The lowest BCUT2D eigenvalue weighted by atomic mass is 10.0. The lowest BCUT2D eigenvalue weighted by Crippen LogP contribution is -2.39. The van der Waals surface area contributed by atoms with Crippen molar-refractivity contribution in [2.75, 3.05) is 13.1 Å². The van der Waals surface area contributed by atoms with Crippen LogP contribution in [0.25, 0.3) is 10.2 Å². The van der Waals surface area contributed by atoms with Gasteiger partial charge in [0.1, 0.15) is 16.5 Å². The van der Waals surface area contributed by atoms with E-state index in [9.17, 15) is 17.2 Å². The van der Waals surface area contributed by atoms with E-state index in [-0.39, 0.29) is 12.5 Å². The van der Waals surface area contributed by atoms with Crippen molar-refractivity contribution >= 4 is 31.6 Å². The monoisotopic (exact) mass is 394 g/mol. The molecule has 8 heteroatoms. The van der Waals surface area contributed by atoms with E-state index in [1.165, 1.54) is 4.31 Å². The SMILES string of the molecule is O=S(=O)(c1ccc(F)cc1F)N1CCC[C@@H](c2nc3ccccc3s2)C1. The molecule has 3 aromatic rings. The molecule has 0 saturated carbocycles. The summed E-state index contributed by atoms with van der Waals surface area (Å²) in [6.45, 7) is 0.569. The van der Waals surface area contributed by atoms with Gasteiger partial charge in [0.15, 0.2) is 0 Å². The molecule has 1 aromatic heterocycles. The Hall–Kier alpha value is -1.90. The standard InChI is InChI=1S/C18H16F2N2O2S2/c19-13-7-8-17(14(20)10-13)26(23,24)22-9-3-4-12(11-22)18-21-15-5-1-2-6-16(15)25-18/h1-2,5-8,10,12H,3-4,9,11H2/t12-/m1/s1. The van der Waals surface area contributed by atoms with E-state index in [0.29, 0.717) is 19.0 Å². The molecule has 0 aliphatic carbocycles. The van der Waals surface area contributed by atoms with Gasteiger partial charge in [-0.3, -0.25) is 0 Å². The Morgan fingerprint density at radius 1 is 1.15 bits per heavy atom. The highest BCUT2D eigenvalue weighted by atomic mass is 32.2. The smallest absolute Gasteiger partial charge is 0.241 e. The van der Waals surface area contributed by atoms with E-state index in [2.05, 4.69) is 4.98 Å². The number of halogens is 2. The van der Waals surface area contributed by atoms with E-state index in [1.54, 1.807) is 11.3 Å². The van der Waals surface area contributed by atoms with Gasteiger partial charge in [0.05, 0.1) is 15.2 Å². The summed E-state index contributed by atoms with van der Waals surface area (Å²) in [5.41, 5.74) is 0.900. The largest absolute Gasteiger partial charge is 0.246 e. The number of piperidine rings is 1. The van der Waals surface area contributed by atoms with Crippen molar-refractivity contribution in [1.82, 2.24) is 9.29 Å². The van der Waals surface area contributed by atoms with Gasteiger partial charge in [-0.1, -0.05) is 12.1 Å². The maximum absolute atomic E-state index is 14.0. The summed E-state index contributed by atoms with van der Waals surface area (Å²) in [5.74, 6) is -1.89. The maximum Gasteiger partial charge on any atom is 0.246 e. The molecular formula is C18H16F2N2O2S2. The maximum atomic E-state index is 14.0. The van der Waals surface area contributed by atoms with Crippen LogP contribution in [0, 0.1) is 11.6 Å². The quantitative estimate of drug-likeness (QED) is 0.671. The first-order valence-corrected chi connectivity index (χ1v) is 10.5. The van der Waals surface area contributed by atoms with E-state index < -0.39 is 26.6 Å². The van der Waals surface area contributed by atoms with Gasteiger partial charge >= 0.3 is 0 Å². The van der Waals surface area contributed by atoms with Crippen LogP contribution in [0.2, 0.25) is 0 Å². The minimum absolute atomic E-state index is 0.0283. The number of nitrogens with zero attached hydrogens (tertiary/aromatic N) is 2. The molecule has 2 heterocycles. The predicted octanol–water partition coefficient (Wildman–Crippen LogP) is 4.14. The molecule has 1 fully saturated rings. The van der Waals surface area contributed by atoms with Crippen LogP contribution in [0.3, 0.4) is 0 Å². The second-order valence-corrected chi connectivity index (χ2v) is 9.27. The summed E-state index contributed by atoms with van der Waals surface area (Å²) >= 11 is 1.56. The number of thiazole rings is 1. The molecular weight excluding hydrogens is 378 g/mol. The van der Waals surface area contributed by atoms with Gasteiger partial charge in [0.2, 0.25) is 10.0 Å². The molecule has 0 amide bonds. The number of hydrogen-bond acceptors (Lipinski definition) is 4. The molecule has 4 nitrogen and oxygen atoms in total. The minimum Gasteiger partial charge on any atom is -0.241 e. The van der Waals surface area contributed by atoms with Gasteiger partial charge in [-0.15, -0.1) is 11.3 Å². The zero-order chi connectivity index (χ0) is 18.3. The summed E-state index contributed by atoms with van der Waals surface area (Å²) in [6, 6.07) is 10.3. The van der Waals surface area contributed by atoms with Gasteiger partial charge in [0, 0.05) is 25.1 Å². The zero-order valence-electron chi connectivity index (χ0n) is 13.7. The van der Waals surface area contributed by atoms with E-state index >= 15 is 0 Å². The fourth-order valence-corrected chi connectivity index (χ4v) is 5.91. The third-order valence-electron chi connectivity index (χ3n) is 4.56. The second kappa shape index (κ2) is 6.68. The Bertz CT molecular complexity index is 1030. The topological polar surface area (TPSA) is 50.3 Å². The Labute approximate surface area is 154 Å². The number of rotatable bonds is 3. The first kappa shape index (κ1) is 17.5. The molecule has 1 atom stereocenters. The summed E-state index contributed by atoms with van der Waals surface area (Å²) in [7, 11) is -4.01. The number of aromatic nitrogens is 1. The first-order chi connectivity index (χ1) is 12.4. The molecule has 0 bridgehead atoms. The predicted molar refractivity (Wildman–Crippen MR) is 96.7 cm³/mol. The molecule has 4 rings (SSSR count). The highest BCUT2D eigenvalue weighted by molar-refractivity contribution is 7.89. The van der Waals surface area contributed by atoms with Crippen LogP contribution in [-0.2, 0) is 10.0 Å². The van der Waals surface area contributed by atoms with Crippen LogP contribution in [-0.4, -0.2) is 30.8 Å². The van der Waals surface area contributed by atoms with Crippen molar-refractivity contribution in [3.63, 3.8) is 0 Å². The van der Waals surface area contributed by atoms with Crippen molar-refractivity contribution in [2.24, 2.45) is 0 Å². The molecule has 1 aliphatic rings. The molecule has 26 heavy (non-hydrogen) atoms. The minimum atomic E-state index is -4.01. The summed E-state index contributed by atoms with van der Waals surface area (Å²) < 4.78 is 55.1.